The third-order valence-corrected chi connectivity index (χ3v) is 5.08. The van der Waals surface area contributed by atoms with E-state index < -0.39 is 17.9 Å². The number of dihydropyridines is 1. The molecule has 0 spiro atoms. The van der Waals surface area contributed by atoms with Gasteiger partial charge < -0.3 is 14.8 Å². The molecule has 8 heteroatoms. The number of rotatable bonds is 6. The quantitative estimate of drug-likeness (QED) is 0.527. The molecule has 27 heavy (non-hydrogen) atoms. The van der Waals surface area contributed by atoms with Crippen LogP contribution in [0.15, 0.2) is 40.7 Å². The second-order valence-corrected chi connectivity index (χ2v) is 6.98. The maximum atomic E-state index is 12.8. The van der Waals surface area contributed by atoms with Gasteiger partial charge in [-0.25, -0.2) is 4.79 Å². The highest BCUT2D eigenvalue weighted by Gasteiger charge is 2.36. The van der Waals surface area contributed by atoms with E-state index in [1.165, 1.54) is 7.11 Å². The molecule has 1 heterocycles. The maximum Gasteiger partial charge on any atom is 0.336 e. The second kappa shape index (κ2) is 9.49. The van der Waals surface area contributed by atoms with Crippen molar-refractivity contribution in [3.8, 4) is 0 Å². The lowest BCUT2D eigenvalue weighted by atomic mass is 9.79. The first-order chi connectivity index (χ1) is 12.8. The van der Waals surface area contributed by atoms with Crippen molar-refractivity contribution in [3.05, 3.63) is 56.3 Å². The van der Waals surface area contributed by atoms with Gasteiger partial charge in [-0.3, -0.25) is 4.79 Å². The van der Waals surface area contributed by atoms with Gasteiger partial charge >= 0.3 is 11.9 Å². The molecule has 0 radical (unpaired) electrons. The Hall–Kier alpha value is -1.69. The average molecular weight is 433 g/mol. The lowest BCUT2D eigenvalue weighted by Crippen LogP contribution is -2.32. The van der Waals surface area contributed by atoms with Crippen molar-refractivity contribution in [2.24, 2.45) is 0 Å². The Morgan fingerprint density at radius 3 is 2.52 bits per heavy atom. The van der Waals surface area contributed by atoms with E-state index in [9.17, 15) is 9.59 Å². The molecule has 0 saturated heterocycles. The van der Waals surface area contributed by atoms with Crippen LogP contribution in [-0.2, 0) is 19.1 Å². The van der Waals surface area contributed by atoms with E-state index in [4.69, 9.17) is 44.3 Å². The van der Waals surface area contributed by atoms with Gasteiger partial charge in [0.1, 0.15) is 0 Å². The fraction of sp³-hybridized carbons (Fsp3) is 0.368. The highest BCUT2D eigenvalue weighted by atomic mass is 35.5. The standard InChI is InChI=1S/C19H20Cl3NO4/c1-4-27-19(25)18-15(9-20)23-10(2)13(8-16(24)26-3)17(18)12-6-5-11(21)7-14(12)22/h5-7,17,23H,4,8-9H2,1-3H3. The van der Waals surface area contributed by atoms with Gasteiger partial charge in [0.25, 0.3) is 0 Å². The molecule has 1 aromatic carbocycles. The van der Waals surface area contributed by atoms with Crippen LogP contribution in [0.5, 0.6) is 0 Å². The summed E-state index contributed by atoms with van der Waals surface area (Å²) >= 11 is 18.5. The van der Waals surface area contributed by atoms with Crippen LogP contribution in [0, 0.1) is 0 Å². The predicted molar refractivity (Wildman–Crippen MR) is 106 cm³/mol. The van der Waals surface area contributed by atoms with Gasteiger partial charge in [0, 0.05) is 27.4 Å². The summed E-state index contributed by atoms with van der Waals surface area (Å²) in [6, 6.07) is 5.00. The lowest BCUT2D eigenvalue weighted by molar-refractivity contribution is -0.141. The summed E-state index contributed by atoms with van der Waals surface area (Å²) in [4.78, 5) is 24.7. The predicted octanol–water partition coefficient (Wildman–Crippen LogP) is 4.57. The molecule has 0 fully saturated rings. The lowest BCUT2D eigenvalue weighted by Gasteiger charge is -2.32. The van der Waals surface area contributed by atoms with E-state index in [0.717, 1.165) is 0 Å². The number of nitrogens with one attached hydrogen (secondary N) is 1. The van der Waals surface area contributed by atoms with Crippen molar-refractivity contribution in [1.29, 1.82) is 0 Å². The van der Waals surface area contributed by atoms with Crippen molar-refractivity contribution in [2.75, 3.05) is 19.6 Å². The van der Waals surface area contributed by atoms with Crippen LogP contribution in [0.1, 0.15) is 31.7 Å². The summed E-state index contributed by atoms with van der Waals surface area (Å²) in [5, 5.41) is 3.96. The summed E-state index contributed by atoms with van der Waals surface area (Å²) in [6.07, 6.45) is -0.0164. The fourth-order valence-electron chi connectivity index (χ4n) is 3.04. The molecule has 1 aliphatic rings. The molecule has 0 amide bonds. The van der Waals surface area contributed by atoms with Gasteiger partial charge in [-0.05, 0) is 37.1 Å². The van der Waals surface area contributed by atoms with Gasteiger partial charge in [-0.2, -0.15) is 0 Å². The van der Waals surface area contributed by atoms with E-state index in [2.05, 4.69) is 5.32 Å². The fourth-order valence-corrected chi connectivity index (χ4v) is 3.76. The molecular formula is C19H20Cl3NO4. The Balaban J connectivity index is 2.69. The third-order valence-electron chi connectivity index (χ3n) is 4.25. The molecule has 1 unspecified atom stereocenters. The Morgan fingerprint density at radius 2 is 1.96 bits per heavy atom. The number of hydrogen-bond donors (Lipinski definition) is 1. The number of ether oxygens (including phenoxy) is 2. The molecule has 1 aliphatic heterocycles. The highest BCUT2D eigenvalue weighted by Crippen LogP contribution is 2.43. The normalized spacial score (nSPS) is 16.9. The average Bonchev–Trinajstić information content (AvgIpc) is 2.63. The number of carbonyl (C=O) groups excluding carboxylic acids is 2. The summed E-state index contributed by atoms with van der Waals surface area (Å²) < 4.78 is 10.1. The Labute approximate surface area is 173 Å². The van der Waals surface area contributed by atoms with Crippen molar-refractivity contribution in [1.82, 2.24) is 5.32 Å². The topological polar surface area (TPSA) is 64.6 Å². The summed E-state index contributed by atoms with van der Waals surface area (Å²) in [5.41, 5.74) is 2.83. The molecule has 0 aliphatic carbocycles. The van der Waals surface area contributed by atoms with Crippen LogP contribution in [0.25, 0.3) is 0 Å². The van der Waals surface area contributed by atoms with Crippen LogP contribution in [0.4, 0.5) is 0 Å². The second-order valence-electron chi connectivity index (χ2n) is 5.87. The number of carbonyl (C=O) groups is 2. The molecule has 0 aromatic heterocycles. The van der Waals surface area contributed by atoms with E-state index in [1.807, 2.05) is 6.92 Å². The van der Waals surface area contributed by atoms with Crippen LogP contribution in [-0.4, -0.2) is 31.5 Å². The van der Waals surface area contributed by atoms with E-state index >= 15 is 0 Å². The van der Waals surface area contributed by atoms with Crippen LogP contribution in [0.2, 0.25) is 10.0 Å². The van der Waals surface area contributed by atoms with Gasteiger partial charge in [-0.15, -0.1) is 11.6 Å². The zero-order chi connectivity index (χ0) is 20.1. The first-order valence-electron chi connectivity index (χ1n) is 8.28. The molecule has 2 rings (SSSR count). The highest BCUT2D eigenvalue weighted by molar-refractivity contribution is 6.35. The number of methoxy groups -OCH3 is 1. The van der Waals surface area contributed by atoms with Gasteiger partial charge in [0.2, 0.25) is 0 Å². The number of alkyl halides is 1. The first kappa shape index (κ1) is 21.6. The number of halogens is 3. The minimum absolute atomic E-state index is 0.0164. The van der Waals surface area contributed by atoms with Crippen LogP contribution < -0.4 is 5.32 Å². The van der Waals surface area contributed by atoms with E-state index in [0.29, 0.717) is 38.1 Å². The molecule has 146 valence electrons. The molecule has 0 bridgehead atoms. The van der Waals surface area contributed by atoms with E-state index in [-0.39, 0.29) is 18.9 Å². The number of esters is 2. The van der Waals surface area contributed by atoms with Crippen molar-refractivity contribution in [3.63, 3.8) is 0 Å². The first-order valence-corrected chi connectivity index (χ1v) is 9.57. The third kappa shape index (κ3) is 4.78. The monoisotopic (exact) mass is 431 g/mol. The van der Waals surface area contributed by atoms with Gasteiger partial charge in [-0.1, -0.05) is 29.3 Å². The summed E-state index contributed by atoms with van der Waals surface area (Å²) in [7, 11) is 1.31. The van der Waals surface area contributed by atoms with Gasteiger partial charge in [0.05, 0.1) is 31.6 Å². The minimum atomic E-state index is -0.608. The maximum absolute atomic E-state index is 12.8. The SMILES string of the molecule is CCOC(=O)C1=C(CCl)NC(C)=C(CC(=O)OC)C1c1ccc(Cl)cc1Cl. The number of benzene rings is 1. The summed E-state index contributed by atoms with van der Waals surface area (Å²) in [6.45, 7) is 3.73. The molecule has 1 N–H and O–H groups in total. The molecule has 0 saturated carbocycles. The Morgan fingerprint density at radius 1 is 1.26 bits per heavy atom. The van der Waals surface area contributed by atoms with Crippen molar-refractivity contribution < 1.29 is 19.1 Å². The van der Waals surface area contributed by atoms with Gasteiger partial charge in [0.15, 0.2) is 0 Å². The zero-order valence-electron chi connectivity index (χ0n) is 15.2. The Bertz CT molecular complexity index is 817. The summed E-state index contributed by atoms with van der Waals surface area (Å²) in [5.74, 6) is -1.49. The van der Waals surface area contributed by atoms with Crippen LogP contribution >= 0.6 is 34.8 Å². The molecule has 5 nitrogen and oxygen atoms in total. The minimum Gasteiger partial charge on any atom is -0.469 e. The molecule has 1 aromatic rings. The van der Waals surface area contributed by atoms with Crippen LogP contribution in [0.3, 0.4) is 0 Å². The molecule has 1 atom stereocenters. The Kier molecular flexibility index (Phi) is 7.59. The molecular weight excluding hydrogens is 413 g/mol. The largest absolute Gasteiger partial charge is 0.469 e. The smallest absolute Gasteiger partial charge is 0.336 e. The van der Waals surface area contributed by atoms with Crippen molar-refractivity contribution in [2.45, 2.75) is 26.2 Å². The zero-order valence-corrected chi connectivity index (χ0v) is 17.5. The van der Waals surface area contributed by atoms with Crippen molar-refractivity contribution >= 4 is 46.7 Å². The number of hydrogen-bond acceptors (Lipinski definition) is 5. The number of allylic oxidation sites excluding steroid dienone is 2. The van der Waals surface area contributed by atoms with E-state index in [1.54, 1.807) is 25.1 Å².